The number of para-hydroxylation sites is 2. The number of aromatic nitrogens is 4. The highest BCUT2D eigenvalue weighted by atomic mass is 15.1. The SMILES string of the molecule is c1ccc(-c2nc(-c3cccc(-c4c(-c5ccccc5)c(-c5ccccc5)nc(-c5ccccc5)c4-c4ccccc4)c3)cc(-n3c4ccccc4c4ccccc43)n2)cc1. The van der Waals surface area contributed by atoms with Gasteiger partial charge in [-0.15, -0.1) is 0 Å². The van der Waals surface area contributed by atoms with Gasteiger partial charge in [-0.25, -0.2) is 15.0 Å². The minimum Gasteiger partial charge on any atom is -0.294 e. The number of rotatable bonds is 8. The molecule has 0 radical (unpaired) electrons. The van der Waals surface area contributed by atoms with Crippen LogP contribution in [0.5, 0.6) is 0 Å². The number of nitrogens with zero attached hydrogens (tertiary/aromatic N) is 4. The van der Waals surface area contributed by atoms with Crippen molar-refractivity contribution in [2.24, 2.45) is 0 Å². The molecule has 61 heavy (non-hydrogen) atoms. The predicted molar refractivity (Wildman–Crippen MR) is 252 cm³/mol. The topological polar surface area (TPSA) is 43.6 Å². The molecule has 0 aliphatic carbocycles. The molecular formula is C57H38N4. The summed E-state index contributed by atoms with van der Waals surface area (Å²) in [5.41, 5.74) is 15.4. The van der Waals surface area contributed by atoms with E-state index in [-0.39, 0.29) is 0 Å². The van der Waals surface area contributed by atoms with Crippen molar-refractivity contribution in [3.63, 3.8) is 0 Å². The van der Waals surface area contributed by atoms with Crippen LogP contribution in [0.1, 0.15) is 0 Å². The summed E-state index contributed by atoms with van der Waals surface area (Å²) in [5.74, 6) is 1.47. The Balaban J connectivity index is 1.22. The van der Waals surface area contributed by atoms with E-state index in [2.05, 4.69) is 217 Å². The standard InChI is InChI=1S/C57H38N4/c1-6-21-39(22-7-1)53-52(54(40-23-8-2-9-24-40)56(42-27-12-4-13-28-42)60-55(53)41-25-10-3-11-26-41)45-32-20-31-44(37-45)48-38-51(59-57(58-48)43-29-14-5-15-30-43)61-49-35-18-16-33-46(49)47-34-17-19-36-50(47)61/h1-38H. The van der Waals surface area contributed by atoms with Gasteiger partial charge in [0.1, 0.15) is 5.82 Å². The Bertz CT molecular complexity index is 3170. The lowest BCUT2D eigenvalue weighted by Crippen LogP contribution is -2.03. The summed E-state index contributed by atoms with van der Waals surface area (Å²) in [7, 11) is 0. The van der Waals surface area contributed by atoms with Crippen LogP contribution in [-0.4, -0.2) is 19.5 Å². The fourth-order valence-electron chi connectivity index (χ4n) is 8.67. The van der Waals surface area contributed by atoms with Crippen LogP contribution in [0.15, 0.2) is 231 Å². The van der Waals surface area contributed by atoms with Crippen molar-refractivity contribution in [3.8, 4) is 84.4 Å². The van der Waals surface area contributed by atoms with Gasteiger partial charge in [0.2, 0.25) is 0 Å². The highest BCUT2D eigenvalue weighted by Gasteiger charge is 2.26. The zero-order valence-corrected chi connectivity index (χ0v) is 33.2. The molecule has 11 rings (SSSR count). The first-order valence-corrected chi connectivity index (χ1v) is 20.6. The first-order valence-electron chi connectivity index (χ1n) is 20.6. The molecule has 4 nitrogen and oxygen atoms in total. The normalized spacial score (nSPS) is 11.3. The quantitative estimate of drug-likeness (QED) is 0.154. The minimum absolute atomic E-state index is 0.664. The zero-order chi connectivity index (χ0) is 40.5. The van der Waals surface area contributed by atoms with Crippen molar-refractivity contribution >= 4 is 21.8 Å². The Labute approximate surface area is 354 Å². The third-order valence-corrected chi connectivity index (χ3v) is 11.4. The van der Waals surface area contributed by atoms with Crippen molar-refractivity contribution < 1.29 is 0 Å². The molecule has 0 aliphatic heterocycles. The maximum absolute atomic E-state index is 5.64. The van der Waals surface area contributed by atoms with Crippen LogP contribution >= 0.6 is 0 Å². The van der Waals surface area contributed by atoms with Gasteiger partial charge in [0, 0.05) is 55.8 Å². The van der Waals surface area contributed by atoms with Crippen LogP contribution in [0.2, 0.25) is 0 Å². The van der Waals surface area contributed by atoms with Crippen LogP contribution in [0.25, 0.3) is 106 Å². The Morgan fingerprint density at radius 3 is 1.20 bits per heavy atom. The van der Waals surface area contributed by atoms with E-state index in [9.17, 15) is 0 Å². The third kappa shape index (κ3) is 6.57. The lowest BCUT2D eigenvalue weighted by atomic mass is 9.83. The average Bonchev–Trinajstić information content (AvgIpc) is 3.69. The van der Waals surface area contributed by atoms with E-state index >= 15 is 0 Å². The molecule has 8 aromatic carbocycles. The van der Waals surface area contributed by atoms with Crippen molar-refractivity contribution in [1.82, 2.24) is 19.5 Å². The molecule has 0 fully saturated rings. The summed E-state index contributed by atoms with van der Waals surface area (Å²) >= 11 is 0. The van der Waals surface area contributed by atoms with E-state index in [1.54, 1.807) is 0 Å². The Morgan fingerprint density at radius 2 is 0.689 bits per heavy atom. The minimum atomic E-state index is 0.664. The van der Waals surface area contributed by atoms with Gasteiger partial charge >= 0.3 is 0 Å². The van der Waals surface area contributed by atoms with E-state index in [4.69, 9.17) is 15.0 Å². The smallest absolute Gasteiger partial charge is 0.162 e. The molecule has 0 saturated carbocycles. The van der Waals surface area contributed by atoms with Crippen molar-refractivity contribution in [2.75, 3.05) is 0 Å². The molecular weight excluding hydrogens is 741 g/mol. The van der Waals surface area contributed by atoms with Gasteiger partial charge < -0.3 is 0 Å². The second-order valence-corrected chi connectivity index (χ2v) is 15.1. The Kier molecular flexibility index (Phi) is 9.14. The molecule has 0 saturated heterocycles. The lowest BCUT2D eigenvalue weighted by Gasteiger charge is -2.23. The highest BCUT2D eigenvalue weighted by Crippen LogP contribution is 2.49. The molecule has 3 heterocycles. The van der Waals surface area contributed by atoms with Gasteiger partial charge in [-0.1, -0.05) is 206 Å². The summed E-state index contributed by atoms with van der Waals surface area (Å²) in [5, 5.41) is 2.37. The highest BCUT2D eigenvalue weighted by molar-refractivity contribution is 6.09. The fourth-order valence-corrected chi connectivity index (χ4v) is 8.67. The number of hydrogen-bond donors (Lipinski definition) is 0. The molecule has 0 aliphatic rings. The van der Waals surface area contributed by atoms with E-state index in [0.29, 0.717) is 5.82 Å². The molecule has 0 N–H and O–H groups in total. The molecule has 0 bridgehead atoms. The van der Waals surface area contributed by atoms with Crippen LogP contribution < -0.4 is 0 Å². The van der Waals surface area contributed by atoms with Crippen LogP contribution in [0.4, 0.5) is 0 Å². The third-order valence-electron chi connectivity index (χ3n) is 11.4. The zero-order valence-electron chi connectivity index (χ0n) is 33.2. The summed E-state index contributed by atoms with van der Waals surface area (Å²) in [6, 6.07) is 80.9. The monoisotopic (exact) mass is 778 g/mol. The van der Waals surface area contributed by atoms with Crippen molar-refractivity contribution in [3.05, 3.63) is 231 Å². The molecule has 0 amide bonds. The first kappa shape index (κ1) is 35.9. The number of hydrogen-bond acceptors (Lipinski definition) is 3. The average molecular weight is 779 g/mol. The van der Waals surface area contributed by atoms with E-state index in [1.807, 2.05) is 18.2 Å². The van der Waals surface area contributed by atoms with Crippen LogP contribution in [0.3, 0.4) is 0 Å². The van der Waals surface area contributed by atoms with Crippen molar-refractivity contribution in [2.45, 2.75) is 0 Å². The largest absolute Gasteiger partial charge is 0.294 e. The molecule has 4 heteroatoms. The second kappa shape index (κ2) is 15.5. The second-order valence-electron chi connectivity index (χ2n) is 15.1. The molecule has 3 aromatic heterocycles. The van der Waals surface area contributed by atoms with Gasteiger partial charge in [0.15, 0.2) is 5.82 Å². The van der Waals surface area contributed by atoms with Gasteiger partial charge in [0.05, 0.1) is 28.1 Å². The Morgan fingerprint density at radius 1 is 0.279 bits per heavy atom. The summed E-state index contributed by atoms with van der Waals surface area (Å²) in [6.45, 7) is 0. The van der Waals surface area contributed by atoms with Crippen LogP contribution in [0, 0.1) is 0 Å². The maximum atomic E-state index is 5.64. The van der Waals surface area contributed by atoms with E-state index < -0.39 is 0 Å². The lowest BCUT2D eigenvalue weighted by molar-refractivity contribution is 1.05. The molecule has 11 aromatic rings. The van der Waals surface area contributed by atoms with Crippen LogP contribution in [-0.2, 0) is 0 Å². The van der Waals surface area contributed by atoms with Gasteiger partial charge in [-0.05, 0) is 34.9 Å². The fraction of sp³-hybridized carbons (Fsp3) is 0. The maximum Gasteiger partial charge on any atom is 0.162 e. The Hall–Kier alpha value is -8.21. The molecule has 0 atom stereocenters. The number of pyridine rings is 1. The van der Waals surface area contributed by atoms with E-state index in [1.165, 1.54) is 10.8 Å². The van der Waals surface area contributed by atoms with Gasteiger partial charge in [0.25, 0.3) is 0 Å². The van der Waals surface area contributed by atoms with E-state index in [0.717, 1.165) is 89.6 Å². The number of fused-ring (bicyclic) bond motifs is 3. The summed E-state index contributed by atoms with van der Waals surface area (Å²) in [4.78, 5) is 16.3. The first-order chi connectivity index (χ1) is 30.3. The molecule has 0 spiro atoms. The summed E-state index contributed by atoms with van der Waals surface area (Å²) < 4.78 is 2.27. The van der Waals surface area contributed by atoms with Crippen molar-refractivity contribution in [1.29, 1.82) is 0 Å². The van der Waals surface area contributed by atoms with Gasteiger partial charge in [-0.2, -0.15) is 0 Å². The molecule has 0 unspecified atom stereocenters. The molecule has 286 valence electrons. The van der Waals surface area contributed by atoms with Gasteiger partial charge in [-0.3, -0.25) is 4.57 Å². The number of benzene rings is 8. The summed E-state index contributed by atoms with van der Waals surface area (Å²) in [6.07, 6.45) is 0. The predicted octanol–water partition coefficient (Wildman–Crippen LogP) is 14.6.